The van der Waals surface area contributed by atoms with Crippen LogP contribution in [0.1, 0.15) is 36.9 Å². The van der Waals surface area contributed by atoms with Crippen LogP contribution in [0.25, 0.3) is 16.3 Å². The Morgan fingerprint density at radius 1 is 1.19 bits per heavy atom. The fourth-order valence-corrected chi connectivity index (χ4v) is 3.13. The highest BCUT2D eigenvalue weighted by atomic mass is 32.1. The number of fused-ring (bicyclic) bond motifs is 1. The van der Waals surface area contributed by atoms with Crippen LogP contribution in [-0.2, 0) is 0 Å². The average Bonchev–Trinajstić information content (AvgIpc) is 2.99. The molecule has 3 rings (SSSR count). The van der Waals surface area contributed by atoms with Gasteiger partial charge in [-0.3, -0.25) is 0 Å². The van der Waals surface area contributed by atoms with E-state index in [1.54, 1.807) is 4.52 Å². The molecule has 1 aromatic carbocycles. The van der Waals surface area contributed by atoms with Gasteiger partial charge in [0, 0.05) is 5.56 Å². The van der Waals surface area contributed by atoms with Crippen LogP contribution in [-0.4, -0.2) is 19.8 Å². The van der Waals surface area contributed by atoms with Crippen LogP contribution < -0.4 is 5.73 Å². The Labute approximate surface area is 127 Å². The van der Waals surface area contributed by atoms with E-state index in [9.17, 15) is 0 Å². The molecule has 1 unspecified atom stereocenters. The van der Waals surface area contributed by atoms with Crippen LogP contribution in [0.5, 0.6) is 0 Å². The summed E-state index contributed by atoms with van der Waals surface area (Å²) in [4.78, 5) is 0.791. The molecule has 6 heteroatoms. The van der Waals surface area contributed by atoms with Crippen molar-refractivity contribution >= 4 is 16.3 Å². The van der Waals surface area contributed by atoms with E-state index in [1.807, 2.05) is 12.1 Å². The second-order valence-corrected chi connectivity index (χ2v) is 6.75. The third-order valence-electron chi connectivity index (χ3n) is 3.36. The van der Waals surface area contributed by atoms with Crippen molar-refractivity contribution in [2.24, 2.45) is 11.7 Å². The molecule has 0 bridgehead atoms. The summed E-state index contributed by atoms with van der Waals surface area (Å²) in [5.41, 5.74) is 8.45. The number of rotatable bonds is 4. The predicted molar refractivity (Wildman–Crippen MR) is 85.2 cm³/mol. The number of benzene rings is 1. The highest BCUT2D eigenvalue weighted by Crippen LogP contribution is 2.26. The largest absolute Gasteiger partial charge is 0.322 e. The second-order valence-electron chi connectivity index (χ2n) is 5.76. The van der Waals surface area contributed by atoms with Crippen molar-refractivity contribution in [3.63, 3.8) is 0 Å². The van der Waals surface area contributed by atoms with E-state index in [4.69, 9.17) is 5.73 Å². The first-order chi connectivity index (χ1) is 10.0. The molecule has 3 aromatic rings. The summed E-state index contributed by atoms with van der Waals surface area (Å²) in [5.74, 6) is 1.31. The quantitative estimate of drug-likeness (QED) is 0.803. The summed E-state index contributed by atoms with van der Waals surface area (Å²) in [6.45, 7) is 6.39. The summed E-state index contributed by atoms with van der Waals surface area (Å²) < 4.78 is 1.80. The first-order valence-corrected chi connectivity index (χ1v) is 7.91. The SMILES string of the molecule is Cc1ccc(-c2nnc3sc(C(N)CC(C)C)nn23)cc1. The minimum atomic E-state index is -0.0393. The van der Waals surface area contributed by atoms with Gasteiger partial charge >= 0.3 is 0 Å². The number of aromatic nitrogens is 4. The summed E-state index contributed by atoms with van der Waals surface area (Å²) in [7, 11) is 0. The maximum absolute atomic E-state index is 6.21. The number of hydrogen-bond donors (Lipinski definition) is 1. The topological polar surface area (TPSA) is 69.1 Å². The van der Waals surface area contributed by atoms with Crippen LogP contribution in [0.3, 0.4) is 0 Å². The summed E-state index contributed by atoms with van der Waals surface area (Å²) in [6, 6.07) is 8.17. The van der Waals surface area contributed by atoms with Gasteiger partial charge in [0.1, 0.15) is 5.01 Å². The van der Waals surface area contributed by atoms with Crippen LogP contribution in [0.2, 0.25) is 0 Å². The van der Waals surface area contributed by atoms with Crippen molar-refractivity contribution in [3.8, 4) is 11.4 Å². The third kappa shape index (κ3) is 2.82. The Kier molecular flexibility index (Phi) is 3.73. The zero-order chi connectivity index (χ0) is 15.0. The van der Waals surface area contributed by atoms with E-state index in [0.717, 1.165) is 27.8 Å². The highest BCUT2D eigenvalue weighted by molar-refractivity contribution is 7.16. The minimum absolute atomic E-state index is 0.0393. The van der Waals surface area contributed by atoms with E-state index in [2.05, 4.69) is 48.2 Å². The molecule has 1 atom stereocenters. The van der Waals surface area contributed by atoms with E-state index >= 15 is 0 Å². The molecule has 0 amide bonds. The van der Waals surface area contributed by atoms with Crippen molar-refractivity contribution < 1.29 is 0 Å². The Morgan fingerprint density at radius 3 is 2.57 bits per heavy atom. The summed E-state index contributed by atoms with van der Waals surface area (Å²) in [6.07, 6.45) is 0.921. The zero-order valence-corrected chi connectivity index (χ0v) is 13.3. The van der Waals surface area contributed by atoms with Crippen molar-refractivity contribution in [2.75, 3.05) is 0 Å². The first-order valence-electron chi connectivity index (χ1n) is 7.09. The Balaban J connectivity index is 1.98. The van der Waals surface area contributed by atoms with Crippen molar-refractivity contribution in [1.82, 2.24) is 19.8 Å². The molecule has 0 fully saturated rings. The fraction of sp³-hybridized carbons (Fsp3) is 0.400. The molecule has 21 heavy (non-hydrogen) atoms. The number of hydrogen-bond acceptors (Lipinski definition) is 5. The molecule has 5 nitrogen and oxygen atoms in total. The lowest BCUT2D eigenvalue weighted by Gasteiger charge is -2.09. The van der Waals surface area contributed by atoms with Crippen molar-refractivity contribution in [1.29, 1.82) is 0 Å². The van der Waals surface area contributed by atoms with Gasteiger partial charge in [-0.25, -0.2) is 0 Å². The van der Waals surface area contributed by atoms with Crippen LogP contribution in [0, 0.1) is 12.8 Å². The third-order valence-corrected chi connectivity index (χ3v) is 4.39. The monoisotopic (exact) mass is 301 g/mol. The average molecular weight is 301 g/mol. The van der Waals surface area contributed by atoms with Gasteiger partial charge in [0.05, 0.1) is 6.04 Å². The number of nitrogens with zero attached hydrogens (tertiary/aromatic N) is 4. The molecule has 0 spiro atoms. The highest BCUT2D eigenvalue weighted by Gasteiger charge is 2.18. The fourth-order valence-electron chi connectivity index (χ4n) is 2.27. The van der Waals surface area contributed by atoms with Gasteiger partial charge in [0.15, 0.2) is 5.82 Å². The Bertz CT molecular complexity index is 741. The molecule has 0 saturated carbocycles. The second kappa shape index (κ2) is 5.54. The Morgan fingerprint density at radius 2 is 1.90 bits per heavy atom. The molecule has 2 heterocycles. The lowest BCUT2D eigenvalue weighted by Crippen LogP contribution is -2.13. The zero-order valence-electron chi connectivity index (χ0n) is 12.4. The standard InChI is InChI=1S/C15H19N5S/c1-9(2)8-12(16)14-19-20-13(17-18-15(20)21-14)11-6-4-10(3)5-7-11/h4-7,9,12H,8,16H2,1-3H3. The van der Waals surface area contributed by atoms with Gasteiger partial charge in [-0.05, 0) is 19.3 Å². The molecular formula is C15H19N5S. The molecule has 0 aliphatic carbocycles. The minimum Gasteiger partial charge on any atom is -0.322 e. The van der Waals surface area contributed by atoms with E-state index in [-0.39, 0.29) is 6.04 Å². The number of aryl methyl sites for hydroxylation is 1. The summed E-state index contributed by atoms with van der Waals surface area (Å²) in [5, 5.41) is 14.0. The van der Waals surface area contributed by atoms with Crippen molar-refractivity contribution in [3.05, 3.63) is 34.8 Å². The van der Waals surface area contributed by atoms with Gasteiger partial charge in [-0.15, -0.1) is 10.2 Å². The van der Waals surface area contributed by atoms with Gasteiger partial charge < -0.3 is 5.73 Å². The van der Waals surface area contributed by atoms with E-state index in [0.29, 0.717) is 5.92 Å². The molecular weight excluding hydrogens is 282 g/mol. The lowest BCUT2D eigenvalue weighted by molar-refractivity contribution is 0.505. The predicted octanol–water partition coefficient (Wildman–Crippen LogP) is 3.21. The molecule has 0 aliphatic heterocycles. The maximum atomic E-state index is 6.21. The normalized spacial score (nSPS) is 13.2. The lowest BCUT2D eigenvalue weighted by atomic mass is 10.1. The number of nitrogens with two attached hydrogens (primary N) is 1. The molecule has 2 aromatic heterocycles. The molecule has 0 radical (unpaired) electrons. The van der Waals surface area contributed by atoms with Crippen LogP contribution >= 0.6 is 11.3 Å². The first kappa shape index (κ1) is 14.2. The van der Waals surface area contributed by atoms with Crippen LogP contribution in [0.4, 0.5) is 0 Å². The Hall–Kier alpha value is -1.79. The molecule has 0 saturated heterocycles. The van der Waals surface area contributed by atoms with Crippen molar-refractivity contribution in [2.45, 2.75) is 33.2 Å². The van der Waals surface area contributed by atoms with Gasteiger partial charge in [-0.1, -0.05) is 55.0 Å². The van der Waals surface area contributed by atoms with E-state index in [1.165, 1.54) is 16.9 Å². The van der Waals surface area contributed by atoms with Gasteiger partial charge in [0.25, 0.3) is 0 Å². The van der Waals surface area contributed by atoms with Gasteiger partial charge in [-0.2, -0.15) is 9.61 Å². The van der Waals surface area contributed by atoms with Gasteiger partial charge in [0.2, 0.25) is 4.96 Å². The molecule has 110 valence electrons. The molecule has 0 aliphatic rings. The molecule has 2 N–H and O–H groups in total. The van der Waals surface area contributed by atoms with E-state index < -0.39 is 0 Å². The maximum Gasteiger partial charge on any atom is 0.235 e. The smallest absolute Gasteiger partial charge is 0.235 e. The van der Waals surface area contributed by atoms with Crippen LogP contribution in [0.15, 0.2) is 24.3 Å². The summed E-state index contributed by atoms with van der Waals surface area (Å²) >= 11 is 1.52.